The summed E-state index contributed by atoms with van der Waals surface area (Å²) >= 11 is 0. The average molecular weight is 183 g/mol. The van der Waals surface area contributed by atoms with Crippen LogP contribution in [-0.2, 0) is 0 Å². The van der Waals surface area contributed by atoms with E-state index in [1.54, 1.807) is 4.90 Å². The van der Waals surface area contributed by atoms with Gasteiger partial charge in [-0.3, -0.25) is 0 Å². The van der Waals surface area contributed by atoms with Gasteiger partial charge in [0.2, 0.25) is 0 Å². The second kappa shape index (κ2) is 3.77. The number of urea groups is 1. The summed E-state index contributed by atoms with van der Waals surface area (Å²) < 4.78 is 0. The molecule has 0 aromatic heterocycles. The normalized spacial score (nSPS) is 24.8. The summed E-state index contributed by atoms with van der Waals surface area (Å²) in [7, 11) is 0. The lowest BCUT2D eigenvalue weighted by molar-refractivity contribution is 0.195. The van der Waals surface area contributed by atoms with Gasteiger partial charge in [-0.1, -0.05) is 20.3 Å². The van der Waals surface area contributed by atoms with Crippen molar-refractivity contribution in [2.45, 2.75) is 33.2 Å². The Bertz CT molecular complexity index is 237. The predicted molar refractivity (Wildman–Crippen MR) is 52.6 cm³/mol. The number of amidine groups is 1. The van der Waals surface area contributed by atoms with Crippen molar-refractivity contribution in [3.8, 4) is 0 Å². The van der Waals surface area contributed by atoms with Gasteiger partial charge in [0.05, 0.1) is 6.04 Å². The molecule has 1 rings (SSSR count). The van der Waals surface area contributed by atoms with Crippen molar-refractivity contribution in [3.05, 3.63) is 0 Å². The Morgan fingerprint density at radius 3 is 2.69 bits per heavy atom. The fourth-order valence-corrected chi connectivity index (χ4v) is 1.67. The molecule has 1 aliphatic heterocycles. The van der Waals surface area contributed by atoms with Crippen LogP contribution in [0, 0.1) is 5.92 Å². The Labute approximate surface area is 78.8 Å². The summed E-state index contributed by atoms with van der Waals surface area (Å²) in [4.78, 5) is 16.8. The molecule has 13 heavy (non-hydrogen) atoms. The third-order valence-electron chi connectivity index (χ3n) is 2.63. The lowest BCUT2D eigenvalue weighted by Crippen LogP contribution is -2.44. The van der Waals surface area contributed by atoms with Gasteiger partial charge in [0, 0.05) is 6.54 Å². The monoisotopic (exact) mass is 183 g/mol. The summed E-state index contributed by atoms with van der Waals surface area (Å²) in [5.74, 6) is 0.858. The molecule has 2 unspecified atom stereocenters. The Balaban J connectivity index is 2.82. The fraction of sp³-hybridized carbons (Fsp3) is 0.778. The van der Waals surface area contributed by atoms with Gasteiger partial charge in [0.1, 0.15) is 5.84 Å². The molecule has 0 aromatic rings. The fourth-order valence-electron chi connectivity index (χ4n) is 1.67. The van der Waals surface area contributed by atoms with E-state index in [0.29, 0.717) is 18.3 Å². The molecule has 0 saturated heterocycles. The van der Waals surface area contributed by atoms with Gasteiger partial charge < -0.3 is 10.6 Å². The number of carbonyl (C=O) groups excluding carboxylic acids is 1. The van der Waals surface area contributed by atoms with Gasteiger partial charge in [-0.15, -0.1) is 0 Å². The standard InChI is InChI=1S/C9H17N3O/c1-4-6(3)7-8(10)11-9(13)12(7)5-2/h6-7H,4-5H2,1-3H3,(H2,10,11,13). The number of carbonyl (C=O) groups is 1. The Morgan fingerprint density at radius 2 is 2.23 bits per heavy atom. The summed E-state index contributed by atoms with van der Waals surface area (Å²) in [6.07, 6.45) is 1.00. The highest BCUT2D eigenvalue weighted by molar-refractivity contribution is 6.02. The summed E-state index contributed by atoms with van der Waals surface area (Å²) in [6, 6.07) is -0.173. The highest BCUT2D eigenvalue weighted by Gasteiger charge is 2.34. The molecule has 1 aliphatic rings. The molecule has 0 saturated carbocycles. The van der Waals surface area contributed by atoms with E-state index in [1.165, 1.54) is 0 Å². The molecule has 1 heterocycles. The number of likely N-dealkylation sites (N-methyl/N-ethyl adjacent to an activating group) is 1. The number of nitrogens with two attached hydrogens (primary N) is 1. The van der Waals surface area contributed by atoms with Crippen molar-refractivity contribution in [1.82, 2.24) is 4.90 Å². The Hall–Kier alpha value is -1.06. The van der Waals surface area contributed by atoms with E-state index < -0.39 is 0 Å². The lowest BCUT2D eigenvalue weighted by Gasteiger charge is -2.27. The maximum atomic E-state index is 11.3. The van der Waals surface area contributed by atoms with Crippen molar-refractivity contribution in [3.63, 3.8) is 0 Å². The van der Waals surface area contributed by atoms with Crippen LogP contribution in [0.2, 0.25) is 0 Å². The molecule has 2 amide bonds. The van der Waals surface area contributed by atoms with E-state index in [9.17, 15) is 4.79 Å². The minimum Gasteiger partial charge on any atom is -0.385 e. The molecule has 0 aromatic carbocycles. The molecule has 0 spiro atoms. The first-order valence-electron chi connectivity index (χ1n) is 4.76. The first kappa shape index (κ1) is 10.0. The van der Waals surface area contributed by atoms with Crippen LogP contribution in [0.3, 0.4) is 0 Å². The topological polar surface area (TPSA) is 58.7 Å². The molecule has 0 bridgehead atoms. The number of amides is 2. The zero-order chi connectivity index (χ0) is 10.0. The number of hydrogen-bond donors (Lipinski definition) is 1. The minimum absolute atomic E-state index is 0.0162. The second-order valence-corrected chi connectivity index (χ2v) is 3.44. The van der Waals surface area contributed by atoms with Gasteiger partial charge in [-0.2, -0.15) is 4.99 Å². The van der Waals surface area contributed by atoms with E-state index in [-0.39, 0.29) is 12.1 Å². The molecular weight excluding hydrogens is 166 g/mol. The van der Waals surface area contributed by atoms with Gasteiger partial charge in [-0.25, -0.2) is 4.79 Å². The van der Waals surface area contributed by atoms with Gasteiger partial charge in [-0.05, 0) is 12.8 Å². The van der Waals surface area contributed by atoms with Crippen molar-refractivity contribution >= 4 is 11.9 Å². The second-order valence-electron chi connectivity index (χ2n) is 3.44. The van der Waals surface area contributed by atoms with Gasteiger partial charge in [0.25, 0.3) is 0 Å². The molecule has 4 heteroatoms. The average Bonchev–Trinajstić information content (AvgIpc) is 2.39. The van der Waals surface area contributed by atoms with Crippen molar-refractivity contribution in [2.75, 3.05) is 6.54 Å². The molecule has 2 N–H and O–H groups in total. The van der Waals surface area contributed by atoms with E-state index in [0.717, 1.165) is 6.42 Å². The van der Waals surface area contributed by atoms with Crippen LogP contribution in [0.1, 0.15) is 27.2 Å². The van der Waals surface area contributed by atoms with Crippen LogP contribution < -0.4 is 5.73 Å². The first-order chi connectivity index (χ1) is 6.11. The lowest BCUT2D eigenvalue weighted by atomic mass is 9.98. The molecule has 4 nitrogen and oxygen atoms in total. The zero-order valence-corrected chi connectivity index (χ0v) is 8.45. The first-order valence-corrected chi connectivity index (χ1v) is 4.76. The van der Waals surface area contributed by atoms with Crippen LogP contribution >= 0.6 is 0 Å². The summed E-state index contributed by atoms with van der Waals surface area (Å²) in [5, 5.41) is 0. The molecule has 2 atom stereocenters. The third-order valence-corrected chi connectivity index (χ3v) is 2.63. The highest BCUT2D eigenvalue weighted by Crippen LogP contribution is 2.20. The number of hydrogen-bond acceptors (Lipinski definition) is 2. The minimum atomic E-state index is -0.190. The maximum Gasteiger partial charge on any atom is 0.345 e. The molecule has 74 valence electrons. The zero-order valence-electron chi connectivity index (χ0n) is 8.45. The van der Waals surface area contributed by atoms with Crippen LogP contribution in [0.5, 0.6) is 0 Å². The largest absolute Gasteiger partial charge is 0.385 e. The Kier molecular flexibility index (Phi) is 2.90. The smallest absolute Gasteiger partial charge is 0.345 e. The van der Waals surface area contributed by atoms with Crippen molar-refractivity contribution in [1.29, 1.82) is 0 Å². The number of aliphatic imine (C=N–C) groups is 1. The number of rotatable bonds is 3. The van der Waals surface area contributed by atoms with Gasteiger partial charge >= 0.3 is 6.03 Å². The molecule has 0 radical (unpaired) electrons. The van der Waals surface area contributed by atoms with Crippen LogP contribution in [0.15, 0.2) is 4.99 Å². The SMILES string of the molecule is CCC(C)C1C(N)=NC(=O)N1CC. The Morgan fingerprint density at radius 1 is 1.62 bits per heavy atom. The van der Waals surface area contributed by atoms with Crippen LogP contribution in [0.4, 0.5) is 4.79 Å². The third kappa shape index (κ3) is 1.66. The maximum absolute atomic E-state index is 11.3. The van der Waals surface area contributed by atoms with E-state index >= 15 is 0 Å². The van der Waals surface area contributed by atoms with Crippen molar-refractivity contribution < 1.29 is 4.79 Å². The van der Waals surface area contributed by atoms with E-state index in [1.807, 2.05) is 6.92 Å². The quantitative estimate of drug-likeness (QED) is 0.715. The van der Waals surface area contributed by atoms with Crippen molar-refractivity contribution in [2.24, 2.45) is 16.6 Å². The van der Waals surface area contributed by atoms with Crippen LogP contribution in [0.25, 0.3) is 0 Å². The molecule has 0 fully saturated rings. The number of nitrogens with zero attached hydrogens (tertiary/aromatic N) is 2. The van der Waals surface area contributed by atoms with Crippen LogP contribution in [-0.4, -0.2) is 29.4 Å². The van der Waals surface area contributed by atoms with E-state index in [4.69, 9.17) is 5.73 Å². The summed E-state index contributed by atoms with van der Waals surface area (Å²) in [6.45, 7) is 6.81. The highest BCUT2D eigenvalue weighted by atomic mass is 16.2. The van der Waals surface area contributed by atoms with E-state index in [2.05, 4.69) is 18.8 Å². The molecule has 0 aliphatic carbocycles. The molecular formula is C9H17N3O. The van der Waals surface area contributed by atoms with Gasteiger partial charge in [0.15, 0.2) is 0 Å². The summed E-state index contributed by atoms with van der Waals surface area (Å²) in [5.41, 5.74) is 5.70. The predicted octanol–water partition coefficient (Wildman–Crippen LogP) is 1.21.